The fourth-order valence-corrected chi connectivity index (χ4v) is 3.94. The molecule has 1 aromatic carbocycles. The summed E-state index contributed by atoms with van der Waals surface area (Å²) in [5.41, 5.74) is 0.610. The number of nitrogens with one attached hydrogen (secondary N) is 1. The Kier molecular flexibility index (Phi) is 7.20. The van der Waals surface area contributed by atoms with Crippen LogP contribution in [-0.2, 0) is 16.1 Å². The van der Waals surface area contributed by atoms with Crippen LogP contribution >= 0.6 is 23.4 Å². The van der Waals surface area contributed by atoms with Crippen LogP contribution in [0.5, 0.6) is 0 Å². The number of nitrogens with zero attached hydrogens (tertiary/aromatic N) is 4. The van der Waals surface area contributed by atoms with E-state index in [1.54, 1.807) is 12.1 Å². The van der Waals surface area contributed by atoms with E-state index in [9.17, 15) is 4.79 Å². The first-order chi connectivity index (χ1) is 13.5. The summed E-state index contributed by atoms with van der Waals surface area (Å²) in [4.78, 5) is 14.8. The summed E-state index contributed by atoms with van der Waals surface area (Å²) >= 11 is 7.55. The van der Waals surface area contributed by atoms with Gasteiger partial charge in [-0.15, -0.1) is 10.2 Å². The van der Waals surface area contributed by atoms with E-state index >= 15 is 0 Å². The van der Waals surface area contributed by atoms with E-state index < -0.39 is 0 Å². The van der Waals surface area contributed by atoms with Crippen LogP contribution in [0.25, 0.3) is 0 Å². The number of carbonyl (C=O) groups excluding carboxylic acids is 1. The molecule has 1 aliphatic heterocycles. The molecule has 2 aromatic rings. The van der Waals surface area contributed by atoms with Gasteiger partial charge in [0.15, 0.2) is 5.16 Å². The summed E-state index contributed by atoms with van der Waals surface area (Å²) in [5.74, 6) is 1.16. The maximum Gasteiger partial charge on any atom is 0.237 e. The summed E-state index contributed by atoms with van der Waals surface area (Å²) in [7, 11) is 0. The number of anilines is 2. The summed E-state index contributed by atoms with van der Waals surface area (Å²) in [6.45, 7) is 9.94. The first kappa shape index (κ1) is 21.0. The highest BCUT2D eigenvalue weighted by Gasteiger charge is 2.24. The topological polar surface area (TPSA) is 72.3 Å². The molecule has 0 unspecified atom stereocenters. The van der Waals surface area contributed by atoms with Crippen molar-refractivity contribution in [3.05, 3.63) is 29.3 Å². The lowest BCUT2D eigenvalue weighted by molar-refractivity contribution is -0.115. The van der Waals surface area contributed by atoms with Crippen molar-refractivity contribution in [1.29, 1.82) is 0 Å². The molecule has 1 saturated heterocycles. The zero-order chi connectivity index (χ0) is 20.1. The van der Waals surface area contributed by atoms with Crippen LogP contribution in [0.2, 0.25) is 5.02 Å². The fourth-order valence-electron chi connectivity index (χ4n) is 2.90. The summed E-state index contributed by atoms with van der Waals surface area (Å²) in [6, 6.07) is 7.21. The van der Waals surface area contributed by atoms with Crippen molar-refractivity contribution in [3.63, 3.8) is 0 Å². The summed E-state index contributed by atoms with van der Waals surface area (Å²) in [5, 5.41) is 12.6. The van der Waals surface area contributed by atoms with Crippen molar-refractivity contribution in [1.82, 2.24) is 14.8 Å². The van der Waals surface area contributed by atoms with E-state index in [4.69, 9.17) is 16.3 Å². The number of carbonyl (C=O) groups is 1. The third-order valence-corrected chi connectivity index (χ3v) is 5.73. The molecule has 28 heavy (non-hydrogen) atoms. The average molecular weight is 424 g/mol. The third-order valence-electron chi connectivity index (χ3n) is 4.32. The second kappa shape index (κ2) is 9.62. The molecule has 0 saturated carbocycles. The van der Waals surface area contributed by atoms with Crippen LogP contribution < -0.4 is 10.2 Å². The van der Waals surface area contributed by atoms with Gasteiger partial charge in [0.25, 0.3) is 0 Å². The molecule has 0 bridgehead atoms. The highest BCUT2D eigenvalue weighted by Crippen LogP contribution is 2.28. The van der Waals surface area contributed by atoms with Crippen molar-refractivity contribution in [3.8, 4) is 0 Å². The molecule has 2 heterocycles. The van der Waals surface area contributed by atoms with Crippen LogP contribution in [0.15, 0.2) is 29.4 Å². The average Bonchev–Trinajstić information content (AvgIpc) is 3.06. The minimum atomic E-state index is -0.344. The highest BCUT2D eigenvalue weighted by atomic mass is 35.5. The molecule has 1 fully saturated rings. The lowest BCUT2D eigenvalue weighted by atomic mass is 10.2. The van der Waals surface area contributed by atoms with Crippen LogP contribution in [0.4, 0.5) is 11.6 Å². The molecule has 1 atom stereocenters. The molecule has 152 valence electrons. The number of hydrogen-bond donors (Lipinski definition) is 1. The summed E-state index contributed by atoms with van der Waals surface area (Å²) in [6.07, 6.45) is 0. The van der Waals surface area contributed by atoms with Gasteiger partial charge < -0.3 is 15.0 Å². The number of thioether (sulfide) groups is 1. The highest BCUT2D eigenvalue weighted by molar-refractivity contribution is 8.00. The largest absolute Gasteiger partial charge is 0.378 e. The number of para-hydroxylation sites is 1. The van der Waals surface area contributed by atoms with Crippen LogP contribution in [0.3, 0.4) is 0 Å². The lowest BCUT2D eigenvalue weighted by Gasteiger charge is -2.28. The molecular weight excluding hydrogens is 398 g/mol. The van der Waals surface area contributed by atoms with Gasteiger partial charge in [-0.1, -0.05) is 49.3 Å². The number of hydrogen-bond acceptors (Lipinski definition) is 6. The Hall–Kier alpha value is -1.77. The van der Waals surface area contributed by atoms with Gasteiger partial charge in [-0.05, 0) is 25.0 Å². The van der Waals surface area contributed by atoms with Crippen LogP contribution in [0.1, 0.15) is 20.8 Å². The Morgan fingerprint density at radius 3 is 2.64 bits per heavy atom. The van der Waals surface area contributed by atoms with Crippen LogP contribution in [0, 0.1) is 5.92 Å². The Morgan fingerprint density at radius 2 is 1.96 bits per heavy atom. The smallest absolute Gasteiger partial charge is 0.237 e. The van der Waals surface area contributed by atoms with Crippen molar-refractivity contribution in [2.75, 3.05) is 36.5 Å². The Bertz CT molecular complexity index is 807. The number of benzene rings is 1. The molecule has 1 aliphatic rings. The maximum absolute atomic E-state index is 12.6. The Balaban J connectivity index is 1.74. The molecule has 1 amide bonds. The van der Waals surface area contributed by atoms with Gasteiger partial charge in [-0.2, -0.15) is 0 Å². The third kappa shape index (κ3) is 5.18. The SMILES string of the molecule is CC(C)Cn1c(S[C@H](C)C(=O)Nc2ccccc2Cl)nnc1N1CCOCC1. The second-order valence-corrected chi connectivity index (χ2v) is 8.83. The monoisotopic (exact) mass is 423 g/mol. The minimum Gasteiger partial charge on any atom is -0.378 e. The molecule has 0 radical (unpaired) electrons. The predicted molar refractivity (Wildman–Crippen MR) is 113 cm³/mol. The number of halogens is 1. The molecule has 1 aromatic heterocycles. The van der Waals surface area contributed by atoms with E-state index in [-0.39, 0.29) is 11.2 Å². The van der Waals surface area contributed by atoms with E-state index in [2.05, 4.69) is 38.8 Å². The number of rotatable bonds is 7. The Morgan fingerprint density at radius 1 is 1.25 bits per heavy atom. The molecule has 1 N–H and O–H groups in total. The van der Waals surface area contributed by atoms with Gasteiger partial charge in [-0.25, -0.2) is 0 Å². The Labute approximate surface area is 174 Å². The number of morpholine rings is 1. The van der Waals surface area contributed by atoms with E-state index in [1.165, 1.54) is 11.8 Å². The molecule has 3 rings (SSSR count). The van der Waals surface area contributed by atoms with Crippen molar-refractivity contribution in [2.45, 2.75) is 37.7 Å². The second-order valence-electron chi connectivity index (χ2n) is 7.12. The molecule has 0 spiro atoms. The zero-order valence-corrected chi connectivity index (χ0v) is 18.0. The van der Waals surface area contributed by atoms with Gasteiger partial charge in [0.2, 0.25) is 11.9 Å². The standard InChI is InChI=1S/C19H26ClN5O2S/c1-13(2)12-25-18(24-8-10-27-11-9-24)22-23-19(25)28-14(3)17(26)21-16-7-5-4-6-15(16)20/h4-7,13-14H,8-12H2,1-3H3,(H,21,26)/t14-/m1/s1. The zero-order valence-electron chi connectivity index (χ0n) is 16.4. The predicted octanol–water partition coefficient (Wildman–Crippen LogP) is 3.54. The van der Waals surface area contributed by atoms with E-state index in [0.29, 0.717) is 29.8 Å². The van der Waals surface area contributed by atoms with Crippen molar-refractivity contribution >= 4 is 40.9 Å². The van der Waals surface area contributed by atoms with Gasteiger partial charge in [0, 0.05) is 19.6 Å². The fraction of sp³-hybridized carbons (Fsp3) is 0.526. The van der Waals surface area contributed by atoms with Crippen LogP contribution in [-0.4, -0.2) is 52.2 Å². The summed E-state index contributed by atoms with van der Waals surface area (Å²) < 4.78 is 7.55. The maximum atomic E-state index is 12.6. The van der Waals surface area contributed by atoms with Gasteiger partial charge in [-0.3, -0.25) is 9.36 Å². The quantitative estimate of drug-likeness (QED) is 0.686. The molecular formula is C19H26ClN5O2S. The van der Waals surface area contributed by atoms with Gasteiger partial charge in [0.1, 0.15) is 0 Å². The van der Waals surface area contributed by atoms with E-state index in [0.717, 1.165) is 30.7 Å². The van der Waals surface area contributed by atoms with Crippen molar-refractivity contribution in [2.24, 2.45) is 5.92 Å². The van der Waals surface area contributed by atoms with E-state index in [1.807, 2.05) is 19.1 Å². The minimum absolute atomic E-state index is 0.120. The first-order valence-corrected chi connectivity index (χ1v) is 10.7. The number of ether oxygens (including phenoxy) is 1. The van der Waals surface area contributed by atoms with Gasteiger partial charge in [0.05, 0.1) is 29.2 Å². The number of aromatic nitrogens is 3. The van der Waals surface area contributed by atoms with Gasteiger partial charge >= 0.3 is 0 Å². The normalized spacial score (nSPS) is 15.7. The van der Waals surface area contributed by atoms with Crippen molar-refractivity contribution < 1.29 is 9.53 Å². The first-order valence-electron chi connectivity index (χ1n) is 9.43. The molecule has 9 heteroatoms. The number of amides is 1. The lowest BCUT2D eigenvalue weighted by Crippen LogP contribution is -2.38. The molecule has 0 aliphatic carbocycles. The molecule has 7 nitrogen and oxygen atoms in total.